The second kappa shape index (κ2) is 4.33. The van der Waals surface area contributed by atoms with Crippen molar-refractivity contribution in [2.24, 2.45) is 18.9 Å². The highest BCUT2D eigenvalue weighted by Crippen LogP contribution is 2.62. The highest BCUT2D eigenvalue weighted by Gasteiger charge is 2.53. The Bertz CT molecular complexity index is 619. The smallest absolute Gasteiger partial charge is 0.131 e. The maximum absolute atomic E-state index is 6.25. The molecule has 0 bridgehead atoms. The summed E-state index contributed by atoms with van der Waals surface area (Å²) in [7, 11) is 1.93. The molecular formula is C16H20N4. The molecule has 2 heterocycles. The van der Waals surface area contributed by atoms with Gasteiger partial charge in [0.15, 0.2) is 0 Å². The van der Waals surface area contributed by atoms with Crippen LogP contribution in [0.3, 0.4) is 0 Å². The van der Waals surface area contributed by atoms with Gasteiger partial charge < -0.3 is 5.73 Å². The molecule has 0 saturated heterocycles. The van der Waals surface area contributed by atoms with Crippen LogP contribution in [0.2, 0.25) is 0 Å². The predicted molar refractivity (Wildman–Crippen MR) is 79.0 cm³/mol. The largest absolute Gasteiger partial charge is 0.383 e. The molecule has 20 heavy (non-hydrogen) atoms. The number of hydrogen-bond acceptors (Lipinski definition) is 3. The van der Waals surface area contributed by atoms with Crippen LogP contribution in [0.5, 0.6) is 0 Å². The van der Waals surface area contributed by atoms with Gasteiger partial charge in [0.1, 0.15) is 5.82 Å². The number of aromatic nitrogens is 3. The molecule has 2 atom stereocenters. The minimum atomic E-state index is 0.609. The second-order valence-corrected chi connectivity index (χ2v) is 6.12. The van der Waals surface area contributed by atoms with Crippen molar-refractivity contribution in [3.63, 3.8) is 0 Å². The maximum atomic E-state index is 6.25. The normalized spacial score (nSPS) is 28.1. The number of nitrogens with zero attached hydrogens (tertiary/aromatic N) is 3. The van der Waals surface area contributed by atoms with E-state index in [0.29, 0.717) is 5.92 Å². The third kappa shape index (κ3) is 1.67. The van der Waals surface area contributed by atoms with E-state index in [1.54, 1.807) is 0 Å². The number of aryl methyl sites for hydroxylation is 1. The van der Waals surface area contributed by atoms with Crippen molar-refractivity contribution < 1.29 is 0 Å². The molecule has 4 heteroatoms. The molecule has 2 N–H and O–H groups in total. The van der Waals surface area contributed by atoms with Gasteiger partial charge in [0.05, 0.1) is 17.0 Å². The van der Waals surface area contributed by atoms with Crippen molar-refractivity contribution in [1.82, 2.24) is 14.8 Å². The lowest BCUT2D eigenvalue weighted by molar-refractivity contribution is 0.480. The molecule has 2 aromatic rings. The summed E-state index contributed by atoms with van der Waals surface area (Å²) in [6.07, 6.45) is 7.28. The van der Waals surface area contributed by atoms with Crippen LogP contribution in [0.15, 0.2) is 24.4 Å². The van der Waals surface area contributed by atoms with Crippen LogP contribution in [-0.2, 0) is 7.05 Å². The van der Waals surface area contributed by atoms with Gasteiger partial charge in [0, 0.05) is 19.2 Å². The van der Waals surface area contributed by atoms with E-state index in [0.717, 1.165) is 28.9 Å². The van der Waals surface area contributed by atoms with Crippen LogP contribution in [0.1, 0.15) is 37.3 Å². The Labute approximate surface area is 119 Å². The van der Waals surface area contributed by atoms with Crippen LogP contribution >= 0.6 is 0 Å². The number of anilines is 1. The molecule has 2 aromatic heterocycles. The second-order valence-electron chi connectivity index (χ2n) is 6.12. The average Bonchev–Trinajstić information content (AvgIpc) is 3.14. The van der Waals surface area contributed by atoms with E-state index in [4.69, 9.17) is 10.8 Å². The minimum absolute atomic E-state index is 0.609. The van der Waals surface area contributed by atoms with Gasteiger partial charge in [-0.05, 0) is 36.8 Å². The SMILES string of the molecule is Cn1nc(C2C3CCCCC32)c(-c2ccccn2)c1N. The lowest BCUT2D eigenvalue weighted by atomic mass is 10.0. The predicted octanol–water partition coefficient (Wildman–Crippen LogP) is 2.97. The Balaban J connectivity index is 1.79. The summed E-state index contributed by atoms with van der Waals surface area (Å²) in [6, 6.07) is 5.98. The number of fused-ring (bicyclic) bond motifs is 1. The van der Waals surface area contributed by atoms with Crippen molar-refractivity contribution in [2.75, 3.05) is 5.73 Å². The number of hydrogen-bond donors (Lipinski definition) is 1. The molecule has 4 nitrogen and oxygen atoms in total. The van der Waals surface area contributed by atoms with Gasteiger partial charge in [-0.2, -0.15) is 5.10 Å². The Morgan fingerprint density at radius 3 is 2.60 bits per heavy atom. The molecule has 0 aromatic carbocycles. The number of nitrogens with two attached hydrogens (primary N) is 1. The monoisotopic (exact) mass is 268 g/mol. The lowest BCUT2D eigenvalue weighted by Gasteiger charge is -2.04. The summed E-state index contributed by atoms with van der Waals surface area (Å²) in [5, 5.41) is 4.72. The zero-order valence-electron chi connectivity index (χ0n) is 11.8. The summed E-state index contributed by atoms with van der Waals surface area (Å²) >= 11 is 0. The highest BCUT2D eigenvalue weighted by atomic mass is 15.3. The molecule has 2 aliphatic rings. The van der Waals surface area contributed by atoms with E-state index >= 15 is 0 Å². The third-order valence-electron chi connectivity index (χ3n) is 5.01. The molecule has 2 aliphatic carbocycles. The molecule has 0 spiro atoms. The van der Waals surface area contributed by atoms with Crippen LogP contribution in [0.4, 0.5) is 5.82 Å². The van der Waals surface area contributed by atoms with Gasteiger partial charge >= 0.3 is 0 Å². The fraction of sp³-hybridized carbons (Fsp3) is 0.500. The molecule has 4 rings (SSSR count). The molecular weight excluding hydrogens is 248 g/mol. The van der Waals surface area contributed by atoms with Crippen LogP contribution in [0.25, 0.3) is 11.3 Å². The van der Waals surface area contributed by atoms with Gasteiger partial charge in [-0.1, -0.05) is 18.9 Å². The molecule has 0 radical (unpaired) electrons. The molecule has 0 aliphatic heterocycles. The van der Waals surface area contributed by atoms with Crippen molar-refractivity contribution in [1.29, 1.82) is 0 Å². The molecule has 0 amide bonds. The molecule has 104 valence electrons. The quantitative estimate of drug-likeness (QED) is 0.911. The van der Waals surface area contributed by atoms with E-state index in [2.05, 4.69) is 4.98 Å². The standard InChI is InChI=1S/C16H20N4/c1-20-16(17)14(12-8-4-5-9-18-12)15(19-20)13-10-6-2-3-7-11(10)13/h4-5,8-11,13H,2-3,6-7,17H2,1H3. The molecule has 2 unspecified atom stereocenters. The van der Waals surface area contributed by atoms with Crippen molar-refractivity contribution in [3.8, 4) is 11.3 Å². The van der Waals surface area contributed by atoms with E-state index in [1.807, 2.05) is 36.1 Å². The van der Waals surface area contributed by atoms with E-state index in [-0.39, 0.29) is 0 Å². The average molecular weight is 268 g/mol. The number of rotatable bonds is 2. The Morgan fingerprint density at radius 2 is 1.95 bits per heavy atom. The first kappa shape index (κ1) is 11.9. The Hall–Kier alpha value is -1.84. The number of pyridine rings is 1. The lowest BCUT2D eigenvalue weighted by Crippen LogP contribution is -1.98. The zero-order valence-corrected chi connectivity index (χ0v) is 11.8. The zero-order chi connectivity index (χ0) is 13.7. The Morgan fingerprint density at radius 1 is 1.20 bits per heavy atom. The van der Waals surface area contributed by atoms with Crippen LogP contribution in [0, 0.1) is 11.8 Å². The summed E-state index contributed by atoms with van der Waals surface area (Å²) < 4.78 is 1.81. The first-order chi connectivity index (χ1) is 9.77. The van der Waals surface area contributed by atoms with Gasteiger partial charge in [-0.15, -0.1) is 0 Å². The third-order valence-corrected chi connectivity index (χ3v) is 5.01. The topological polar surface area (TPSA) is 56.7 Å². The molecule has 2 fully saturated rings. The summed E-state index contributed by atoms with van der Waals surface area (Å²) in [4.78, 5) is 4.48. The van der Waals surface area contributed by atoms with Gasteiger partial charge in [0.2, 0.25) is 0 Å². The molecule has 2 saturated carbocycles. The van der Waals surface area contributed by atoms with E-state index < -0.39 is 0 Å². The fourth-order valence-electron chi connectivity index (χ4n) is 3.96. The van der Waals surface area contributed by atoms with Gasteiger partial charge in [0.25, 0.3) is 0 Å². The van der Waals surface area contributed by atoms with E-state index in [9.17, 15) is 0 Å². The van der Waals surface area contributed by atoms with Crippen molar-refractivity contribution >= 4 is 5.82 Å². The van der Waals surface area contributed by atoms with Crippen LogP contribution < -0.4 is 5.73 Å². The minimum Gasteiger partial charge on any atom is -0.383 e. The first-order valence-corrected chi connectivity index (χ1v) is 7.51. The van der Waals surface area contributed by atoms with Crippen LogP contribution in [-0.4, -0.2) is 14.8 Å². The van der Waals surface area contributed by atoms with Crippen molar-refractivity contribution in [2.45, 2.75) is 31.6 Å². The number of nitrogen functional groups attached to an aromatic ring is 1. The first-order valence-electron chi connectivity index (χ1n) is 7.51. The Kier molecular flexibility index (Phi) is 2.59. The van der Waals surface area contributed by atoms with Crippen molar-refractivity contribution in [3.05, 3.63) is 30.1 Å². The summed E-state index contributed by atoms with van der Waals surface area (Å²) in [6.45, 7) is 0. The fourth-order valence-corrected chi connectivity index (χ4v) is 3.96. The highest BCUT2D eigenvalue weighted by molar-refractivity contribution is 5.75. The summed E-state index contributed by atoms with van der Waals surface area (Å²) in [5.41, 5.74) is 9.45. The van der Waals surface area contributed by atoms with Gasteiger partial charge in [-0.3, -0.25) is 9.67 Å². The van der Waals surface area contributed by atoms with E-state index in [1.165, 1.54) is 31.4 Å². The summed E-state index contributed by atoms with van der Waals surface area (Å²) in [5.74, 6) is 3.02. The maximum Gasteiger partial charge on any atom is 0.131 e. The van der Waals surface area contributed by atoms with Gasteiger partial charge in [-0.25, -0.2) is 0 Å².